The number of aliphatic hydroxyl groups excluding tert-OH is 3. The zero-order valence-corrected chi connectivity index (χ0v) is 14.9. The Labute approximate surface area is 154 Å². The molecule has 1 unspecified atom stereocenters. The van der Waals surface area contributed by atoms with Crippen molar-refractivity contribution >= 4 is 0 Å². The van der Waals surface area contributed by atoms with E-state index in [-0.39, 0.29) is 25.9 Å². The molecule has 0 fully saturated rings. The van der Waals surface area contributed by atoms with Gasteiger partial charge in [-0.1, -0.05) is 30.2 Å². The van der Waals surface area contributed by atoms with Gasteiger partial charge in [0.2, 0.25) is 0 Å². The predicted molar refractivity (Wildman–Crippen MR) is 100 cm³/mol. The minimum Gasteiger partial charge on any atom is -0.488 e. The number of aliphatic hydroxyl groups is 3. The summed E-state index contributed by atoms with van der Waals surface area (Å²) in [5.41, 5.74) is 3.79. The molecule has 2 aromatic rings. The van der Waals surface area contributed by atoms with Gasteiger partial charge in [0.05, 0.1) is 19.8 Å². The quantitative estimate of drug-likeness (QED) is 0.515. The number of rotatable bonds is 9. The van der Waals surface area contributed by atoms with Crippen LogP contribution in [-0.4, -0.2) is 28.0 Å². The fourth-order valence-electron chi connectivity index (χ4n) is 2.52. The molecule has 0 aliphatic rings. The van der Waals surface area contributed by atoms with Gasteiger partial charge in [0.1, 0.15) is 12.4 Å². The van der Waals surface area contributed by atoms with Crippen LogP contribution in [0.1, 0.15) is 34.7 Å². The molecule has 26 heavy (non-hydrogen) atoms. The average molecular weight is 355 g/mol. The average Bonchev–Trinajstić information content (AvgIpc) is 2.70. The molecule has 5 nitrogen and oxygen atoms in total. The smallest absolute Gasteiger partial charge is 0.130 e. The Hall–Kier alpha value is -2.36. The third-order valence-electron chi connectivity index (χ3n) is 4.08. The maximum Gasteiger partial charge on any atom is 0.130 e. The van der Waals surface area contributed by atoms with Crippen molar-refractivity contribution in [3.05, 3.63) is 64.2 Å². The van der Waals surface area contributed by atoms with Gasteiger partial charge < -0.3 is 25.4 Å². The number of hydrogen-bond donors (Lipinski definition) is 4. The third kappa shape index (κ3) is 5.32. The molecule has 2 aromatic carbocycles. The summed E-state index contributed by atoms with van der Waals surface area (Å²) < 4.78 is 5.85. The molecule has 0 bridgehead atoms. The molecule has 4 N–H and O–H groups in total. The fourth-order valence-corrected chi connectivity index (χ4v) is 2.52. The monoisotopic (exact) mass is 355 g/mol. The van der Waals surface area contributed by atoms with Crippen molar-refractivity contribution in [1.82, 2.24) is 5.32 Å². The van der Waals surface area contributed by atoms with Crippen LogP contribution in [0.25, 0.3) is 0 Å². The summed E-state index contributed by atoms with van der Waals surface area (Å²) in [6.07, 6.45) is 5.41. The van der Waals surface area contributed by atoms with Crippen molar-refractivity contribution in [2.24, 2.45) is 0 Å². The lowest BCUT2D eigenvalue weighted by atomic mass is 10.0. The maximum atomic E-state index is 9.56. The largest absolute Gasteiger partial charge is 0.488 e. The molecule has 1 atom stereocenters. The van der Waals surface area contributed by atoms with Crippen LogP contribution in [-0.2, 0) is 26.4 Å². The van der Waals surface area contributed by atoms with Crippen molar-refractivity contribution < 1.29 is 20.1 Å². The van der Waals surface area contributed by atoms with Gasteiger partial charge >= 0.3 is 0 Å². The van der Waals surface area contributed by atoms with Gasteiger partial charge in [-0.2, -0.15) is 0 Å². The SMILES string of the molecule is C#Cc1cc(CO)c(OCc2ccc(CNC(C)CO)cc2)c(CO)c1. The Morgan fingerprint density at radius 3 is 2.12 bits per heavy atom. The number of nitrogens with one attached hydrogen (secondary N) is 1. The number of terminal acetylenes is 1. The third-order valence-corrected chi connectivity index (χ3v) is 4.08. The molecule has 0 heterocycles. The van der Waals surface area contributed by atoms with Crippen LogP contribution in [0, 0.1) is 12.3 Å². The Morgan fingerprint density at radius 2 is 1.62 bits per heavy atom. The maximum absolute atomic E-state index is 9.56. The van der Waals surface area contributed by atoms with Gasteiger partial charge in [-0.3, -0.25) is 0 Å². The zero-order valence-electron chi connectivity index (χ0n) is 14.9. The van der Waals surface area contributed by atoms with E-state index >= 15 is 0 Å². The van der Waals surface area contributed by atoms with Crippen LogP contribution in [0.15, 0.2) is 36.4 Å². The summed E-state index contributed by atoms with van der Waals surface area (Å²) in [5, 5.41) is 31.4. The summed E-state index contributed by atoms with van der Waals surface area (Å²) in [5.74, 6) is 2.98. The van der Waals surface area contributed by atoms with Crippen molar-refractivity contribution in [3.63, 3.8) is 0 Å². The zero-order chi connectivity index (χ0) is 18.9. The molecular weight excluding hydrogens is 330 g/mol. The minimum atomic E-state index is -0.217. The summed E-state index contributed by atoms with van der Waals surface area (Å²) >= 11 is 0. The van der Waals surface area contributed by atoms with E-state index in [9.17, 15) is 10.2 Å². The van der Waals surface area contributed by atoms with Crippen molar-refractivity contribution in [2.45, 2.75) is 39.3 Å². The number of benzene rings is 2. The lowest BCUT2D eigenvalue weighted by Gasteiger charge is -2.15. The molecule has 0 aliphatic heterocycles. The van der Waals surface area contributed by atoms with Crippen molar-refractivity contribution in [3.8, 4) is 18.1 Å². The normalized spacial score (nSPS) is 11.8. The van der Waals surface area contributed by atoms with Gasteiger partial charge in [0.25, 0.3) is 0 Å². The highest BCUT2D eigenvalue weighted by Gasteiger charge is 2.11. The van der Waals surface area contributed by atoms with Gasteiger partial charge in [-0.15, -0.1) is 6.42 Å². The minimum absolute atomic E-state index is 0.0535. The van der Waals surface area contributed by atoms with Crippen molar-refractivity contribution in [1.29, 1.82) is 0 Å². The van der Waals surface area contributed by atoms with Gasteiger partial charge in [-0.05, 0) is 30.2 Å². The first-order valence-electron chi connectivity index (χ1n) is 8.50. The second-order valence-electron chi connectivity index (χ2n) is 6.15. The highest BCUT2D eigenvalue weighted by molar-refractivity contribution is 5.49. The standard InChI is InChI=1S/C21H25NO4/c1-3-16-8-19(12-24)21(20(9-16)13-25)26-14-18-6-4-17(5-7-18)10-22-15(2)11-23/h1,4-9,15,22-25H,10-14H2,2H3. The molecule has 0 saturated carbocycles. The molecule has 0 aliphatic carbocycles. The summed E-state index contributed by atoms with van der Waals surface area (Å²) in [7, 11) is 0. The van der Waals surface area contributed by atoms with E-state index < -0.39 is 0 Å². The van der Waals surface area contributed by atoms with E-state index in [2.05, 4.69) is 11.2 Å². The Bertz CT molecular complexity index is 725. The molecular formula is C21H25NO4. The lowest BCUT2D eigenvalue weighted by Crippen LogP contribution is -2.28. The van der Waals surface area contributed by atoms with Gasteiger partial charge in [0.15, 0.2) is 0 Å². The molecule has 138 valence electrons. The molecule has 0 saturated heterocycles. The highest BCUT2D eigenvalue weighted by atomic mass is 16.5. The lowest BCUT2D eigenvalue weighted by molar-refractivity contribution is 0.242. The first-order chi connectivity index (χ1) is 12.6. The van der Waals surface area contributed by atoms with E-state index in [1.165, 1.54) is 0 Å². The van der Waals surface area contributed by atoms with E-state index in [0.29, 0.717) is 35.6 Å². The Balaban J connectivity index is 2.05. The molecule has 5 heteroatoms. The Morgan fingerprint density at radius 1 is 1.04 bits per heavy atom. The molecule has 0 radical (unpaired) electrons. The van der Waals surface area contributed by atoms with Crippen LogP contribution in [0.4, 0.5) is 0 Å². The summed E-state index contributed by atoms with van der Waals surface area (Å²) in [6, 6.07) is 11.4. The molecule has 2 rings (SSSR count). The molecule has 0 aromatic heterocycles. The van der Waals surface area contributed by atoms with E-state index in [4.69, 9.17) is 16.3 Å². The van der Waals surface area contributed by atoms with Crippen LogP contribution < -0.4 is 10.1 Å². The van der Waals surface area contributed by atoms with Crippen LogP contribution in [0.2, 0.25) is 0 Å². The van der Waals surface area contributed by atoms with Crippen LogP contribution >= 0.6 is 0 Å². The van der Waals surface area contributed by atoms with E-state index in [1.807, 2.05) is 31.2 Å². The van der Waals surface area contributed by atoms with E-state index in [1.54, 1.807) is 12.1 Å². The topological polar surface area (TPSA) is 82.0 Å². The summed E-state index contributed by atoms with van der Waals surface area (Å²) in [6.45, 7) is 2.59. The first-order valence-corrected chi connectivity index (χ1v) is 8.50. The fraction of sp³-hybridized carbons (Fsp3) is 0.333. The second kappa shape index (κ2) is 9.95. The predicted octanol–water partition coefficient (Wildman–Crippen LogP) is 1.70. The second-order valence-corrected chi connectivity index (χ2v) is 6.15. The Kier molecular flexibility index (Phi) is 7.64. The molecule has 0 spiro atoms. The first kappa shape index (κ1) is 20.0. The molecule has 0 amide bonds. The number of ether oxygens (including phenoxy) is 1. The van der Waals surface area contributed by atoms with Gasteiger partial charge in [0, 0.05) is 29.3 Å². The van der Waals surface area contributed by atoms with Crippen LogP contribution in [0.3, 0.4) is 0 Å². The van der Waals surface area contributed by atoms with Crippen molar-refractivity contribution in [2.75, 3.05) is 6.61 Å². The number of hydrogen-bond acceptors (Lipinski definition) is 5. The van der Waals surface area contributed by atoms with Crippen LogP contribution in [0.5, 0.6) is 5.75 Å². The van der Waals surface area contributed by atoms with E-state index in [0.717, 1.165) is 11.1 Å². The highest BCUT2D eigenvalue weighted by Crippen LogP contribution is 2.27. The van der Waals surface area contributed by atoms with Gasteiger partial charge in [-0.25, -0.2) is 0 Å². The summed E-state index contributed by atoms with van der Waals surface area (Å²) in [4.78, 5) is 0.